The van der Waals surface area contributed by atoms with Crippen LogP contribution in [0.1, 0.15) is 39.0 Å². The molecule has 0 saturated heterocycles. The lowest BCUT2D eigenvalue weighted by atomic mass is 10.2. The van der Waals surface area contributed by atoms with E-state index in [2.05, 4.69) is 15.5 Å². The Kier molecular flexibility index (Phi) is 6.10. The summed E-state index contributed by atoms with van der Waals surface area (Å²) in [6.45, 7) is 6.66. The first-order chi connectivity index (χ1) is 9.42. The molecule has 2 N–H and O–H groups in total. The number of nitrogens with zero attached hydrogens (tertiary/aromatic N) is 3. The average molecular weight is 284 g/mol. The molecular weight excluding hydrogens is 264 g/mol. The Morgan fingerprint density at radius 2 is 2.10 bits per heavy atom. The van der Waals surface area contributed by atoms with E-state index in [1.807, 2.05) is 20.8 Å². The molecule has 20 heavy (non-hydrogen) atoms. The van der Waals surface area contributed by atoms with Crippen molar-refractivity contribution in [1.82, 2.24) is 15.1 Å². The zero-order chi connectivity index (χ0) is 15.1. The van der Waals surface area contributed by atoms with Crippen molar-refractivity contribution in [2.45, 2.75) is 33.1 Å². The second-order valence-corrected chi connectivity index (χ2v) is 4.66. The van der Waals surface area contributed by atoms with Gasteiger partial charge in [-0.2, -0.15) is 0 Å². The first-order valence-corrected chi connectivity index (χ1v) is 6.49. The average Bonchev–Trinajstić information content (AvgIpc) is 2.82. The van der Waals surface area contributed by atoms with Gasteiger partial charge in [-0.05, 0) is 6.54 Å². The molecule has 1 rings (SSSR count). The number of likely N-dealkylation sites (N-methyl/N-ethyl adjacent to an activating group) is 1. The summed E-state index contributed by atoms with van der Waals surface area (Å²) in [5.74, 6) is -0.645. The third kappa shape index (κ3) is 5.35. The highest BCUT2D eigenvalue weighted by Gasteiger charge is 2.14. The van der Waals surface area contributed by atoms with Crippen LogP contribution in [0.2, 0.25) is 0 Å². The van der Waals surface area contributed by atoms with Gasteiger partial charge in [0, 0.05) is 12.5 Å². The Morgan fingerprint density at radius 1 is 1.40 bits per heavy atom. The molecule has 0 aliphatic heterocycles. The largest absolute Gasteiger partial charge is 0.481 e. The zero-order valence-corrected chi connectivity index (χ0v) is 11.9. The van der Waals surface area contributed by atoms with Gasteiger partial charge in [-0.15, -0.1) is 5.10 Å². The molecular formula is C12H20N4O4. The molecule has 0 bridgehead atoms. The Hall–Kier alpha value is -1.96. The molecule has 0 aliphatic rings. The van der Waals surface area contributed by atoms with E-state index in [1.165, 1.54) is 0 Å². The minimum atomic E-state index is -0.887. The molecule has 1 aromatic rings. The van der Waals surface area contributed by atoms with E-state index in [0.717, 1.165) is 0 Å². The lowest BCUT2D eigenvalue weighted by molar-refractivity contribution is -0.137. The third-order valence-electron chi connectivity index (χ3n) is 2.64. The molecule has 1 amide bonds. The quantitative estimate of drug-likeness (QED) is 0.730. The van der Waals surface area contributed by atoms with Crippen molar-refractivity contribution in [2.24, 2.45) is 0 Å². The molecule has 0 saturated carbocycles. The molecule has 0 atom stereocenters. The van der Waals surface area contributed by atoms with Gasteiger partial charge in [-0.3, -0.25) is 19.8 Å². The van der Waals surface area contributed by atoms with Crippen molar-refractivity contribution in [3.63, 3.8) is 0 Å². The number of carboxylic acid groups (broad SMARTS) is 1. The van der Waals surface area contributed by atoms with Crippen LogP contribution in [0.15, 0.2) is 4.42 Å². The number of nitrogens with one attached hydrogen (secondary N) is 1. The van der Waals surface area contributed by atoms with Gasteiger partial charge >= 0.3 is 12.0 Å². The fourth-order valence-electron chi connectivity index (χ4n) is 1.48. The zero-order valence-electron chi connectivity index (χ0n) is 11.9. The fraction of sp³-hybridized carbons (Fsp3) is 0.667. The van der Waals surface area contributed by atoms with Crippen molar-refractivity contribution in [3.8, 4) is 0 Å². The number of anilines is 1. The molecule has 0 aromatic carbocycles. The van der Waals surface area contributed by atoms with Crippen molar-refractivity contribution in [2.75, 3.05) is 25.0 Å². The second kappa shape index (κ2) is 7.59. The minimum absolute atomic E-state index is 0.000818. The lowest BCUT2D eigenvalue weighted by Crippen LogP contribution is -2.34. The maximum Gasteiger partial charge on any atom is 0.322 e. The molecule has 0 fully saturated rings. The van der Waals surface area contributed by atoms with Crippen LogP contribution in [0.3, 0.4) is 0 Å². The molecule has 0 radical (unpaired) electrons. The Labute approximate surface area is 117 Å². The van der Waals surface area contributed by atoms with Crippen LogP contribution in [-0.4, -0.2) is 51.7 Å². The summed E-state index contributed by atoms with van der Waals surface area (Å²) in [6.07, 6.45) is -0.000818. The highest BCUT2D eigenvalue weighted by molar-refractivity contribution is 5.90. The van der Waals surface area contributed by atoms with Gasteiger partial charge in [0.2, 0.25) is 11.8 Å². The smallest absolute Gasteiger partial charge is 0.322 e. The molecule has 112 valence electrons. The standard InChI is InChI=1S/C12H20N4O4/c1-4-16(6-5-10(18)19)7-9(17)13-12-15-14-11(20-12)8(2)3/h8H,4-7H2,1-3H3,(H,18,19)(H,13,15,17). The van der Waals surface area contributed by atoms with E-state index in [0.29, 0.717) is 19.0 Å². The van der Waals surface area contributed by atoms with E-state index in [4.69, 9.17) is 9.52 Å². The van der Waals surface area contributed by atoms with Gasteiger partial charge in [0.25, 0.3) is 0 Å². The number of carboxylic acids is 1. The minimum Gasteiger partial charge on any atom is -0.481 e. The number of hydrogen-bond donors (Lipinski definition) is 2. The maximum atomic E-state index is 11.8. The van der Waals surface area contributed by atoms with Crippen molar-refractivity contribution in [3.05, 3.63) is 5.89 Å². The van der Waals surface area contributed by atoms with Crippen LogP contribution in [0.4, 0.5) is 6.01 Å². The summed E-state index contributed by atoms with van der Waals surface area (Å²) in [7, 11) is 0. The number of aliphatic carboxylic acids is 1. The van der Waals surface area contributed by atoms with Gasteiger partial charge in [-0.1, -0.05) is 25.9 Å². The normalized spacial score (nSPS) is 11.1. The highest BCUT2D eigenvalue weighted by atomic mass is 16.4. The van der Waals surface area contributed by atoms with Gasteiger partial charge in [0.05, 0.1) is 13.0 Å². The van der Waals surface area contributed by atoms with Gasteiger partial charge in [0.1, 0.15) is 0 Å². The lowest BCUT2D eigenvalue weighted by Gasteiger charge is -2.17. The summed E-state index contributed by atoms with van der Waals surface area (Å²) >= 11 is 0. The summed E-state index contributed by atoms with van der Waals surface area (Å²) in [5, 5.41) is 18.7. The van der Waals surface area contributed by atoms with Crippen LogP contribution >= 0.6 is 0 Å². The number of carbonyl (C=O) groups is 2. The first-order valence-electron chi connectivity index (χ1n) is 6.49. The van der Waals surface area contributed by atoms with Crippen LogP contribution < -0.4 is 5.32 Å². The van der Waals surface area contributed by atoms with E-state index in [9.17, 15) is 9.59 Å². The van der Waals surface area contributed by atoms with E-state index < -0.39 is 5.97 Å². The Bertz CT molecular complexity index is 458. The fourth-order valence-corrected chi connectivity index (χ4v) is 1.48. The van der Waals surface area contributed by atoms with E-state index in [1.54, 1.807) is 4.90 Å². The SMILES string of the molecule is CCN(CCC(=O)O)CC(=O)Nc1nnc(C(C)C)o1. The monoisotopic (exact) mass is 284 g/mol. The number of amides is 1. The van der Waals surface area contributed by atoms with Crippen molar-refractivity contribution >= 4 is 17.9 Å². The molecule has 8 heteroatoms. The first kappa shape index (κ1) is 16.1. The van der Waals surface area contributed by atoms with Crippen LogP contribution in [0, 0.1) is 0 Å². The Balaban J connectivity index is 2.46. The third-order valence-corrected chi connectivity index (χ3v) is 2.64. The number of rotatable bonds is 8. The second-order valence-electron chi connectivity index (χ2n) is 4.66. The maximum absolute atomic E-state index is 11.8. The molecule has 0 unspecified atom stereocenters. The predicted octanol–water partition coefficient (Wildman–Crippen LogP) is 0.928. The van der Waals surface area contributed by atoms with E-state index in [-0.39, 0.29) is 30.8 Å². The van der Waals surface area contributed by atoms with Gasteiger partial charge in [-0.25, -0.2) is 0 Å². The molecule has 0 aliphatic carbocycles. The topological polar surface area (TPSA) is 109 Å². The van der Waals surface area contributed by atoms with Crippen molar-refractivity contribution in [1.29, 1.82) is 0 Å². The Morgan fingerprint density at radius 3 is 2.60 bits per heavy atom. The molecule has 1 heterocycles. The molecule has 8 nitrogen and oxygen atoms in total. The van der Waals surface area contributed by atoms with Gasteiger partial charge < -0.3 is 9.52 Å². The number of aromatic nitrogens is 2. The van der Waals surface area contributed by atoms with Crippen LogP contribution in [0.25, 0.3) is 0 Å². The molecule has 1 aromatic heterocycles. The van der Waals surface area contributed by atoms with Crippen molar-refractivity contribution < 1.29 is 19.1 Å². The van der Waals surface area contributed by atoms with Gasteiger partial charge in [0.15, 0.2) is 0 Å². The van der Waals surface area contributed by atoms with E-state index >= 15 is 0 Å². The summed E-state index contributed by atoms with van der Waals surface area (Å²) in [6, 6.07) is 0.0630. The predicted molar refractivity (Wildman–Crippen MR) is 71.4 cm³/mol. The summed E-state index contributed by atoms with van der Waals surface area (Å²) in [4.78, 5) is 24.0. The number of hydrogen-bond acceptors (Lipinski definition) is 6. The summed E-state index contributed by atoms with van der Waals surface area (Å²) in [5.41, 5.74) is 0. The number of carbonyl (C=O) groups excluding carboxylic acids is 1. The molecule has 0 spiro atoms. The van der Waals surface area contributed by atoms with Crippen LogP contribution in [0.5, 0.6) is 0 Å². The summed E-state index contributed by atoms with van der Waals surface area (Å²) < 4.78 is 5.26. The highest BCUT2D eigenvalue weighted by Crippen LogP contribution is 2.14. The van der Waals surface area contributed by atoms with Crippen LogP contribution in [-0.2, 0) is 9.59 Å².